The molecular formula is C17H20BrN. The van der Waals surface area contributed by atoms with Gasteiger partial charge in [0.25, 0.3) is 0 Å². The van der Waals surface area contributed by atoms with Gasteiger partial charge in [-0.15, -0.1) is 0 Å². The highest BCUT2D eigenvalue weighted by Gasteiger charge is 2.10. The standard InChI is InChI=1S/C17H20BrN/c1-12-8-13(2)10-15(9-12)17(19-3)11-14-4-6-16(18)7-5-14/h4-10,17,19H,11H2,1-3H3. The molecule has 0 aliphatic carbocycles. The average molecular weight is 318 g/mol. The highest BCUT2D eigenvalue weighted by molar-refractivity contribution is 9.10. The highest BCUT2D eigenvalue weighted by Crippen LogP contribution is 2.21. The third kappa shape index (κ3) is 3.92. The van der Waals surface area contributed by atoms with E-state index in [0.717, 1.165) is 10.9 Å². The number of likely N-dealkylation sites (N-methyl/N-ethyl adjacent to an activating group) is 1. The Kier molecular flexibility index (Phi) is 4.78. The van der Waals surface area contributed by atoms with Gasteiger partial charge in [0.15, 0.2) is 0 Å². The minimum Gasteiger partial charge on any atom is -0.313 e. The van der Waals surface area contributed by atoms with Crippen molar-refractivity contribution in [2.24, 2.45) is 0 Å². The van der Waals surface area contributed by atoms with E-state index in [4.69, 9.17) is 0 Å². The zero-order valence-electron chi connectivity index (χ0n) is 11.7. The monoisotopic (exact) mass is 317 g/mol. The Morgan fingerprint density at radius 1 is 1.00 bits per heavy atom. The predicted octanol–water partition coefficient (Wildman–Crippen LogP) is 4.57. The fraction of sp³-hybridized carbons (Fsp3) is 0.294. The molecule has 0 saturated carbocycles. The van der Waals surface area contributed by atoms with Gasteiger partial charge in [0, 0.05) is 10.5 Å². The molecule has 2 heteroatoms. The lowest BCUT2D eigenvalue weighted by molar-refractivity contribution is 0.591. The van der Waals surface area contributed by atoms with Crippen molar-refractivity contribution in [1.29, 1.82) is 0 Å². The van der Waals surface area contributed by atoms with Crippen LogP contribution in [0.1, 0.15) is 28.3 Å². The topological polar surface area (TPSA) is 12.0 Å². The minimum absolute atomic E-state index is 0.361. The van der Waals surface area contributed by atoms with Gasteiger partial charge in [-0.25, -0.2) is 0 Å². The van der Waals surface area contributed by atoms with Crippen LogP contribution in [0.4, 0.5) is 0 Å². The lowest BCUT2D eigenvalue weighted by Gasteiger charge is -2.18. The molecule has 1 nitrogen and oxygen atoms in total. The van der Waals surface area contributed by atoms with Gasteiger partial charge in [0.05, 0.1) is 0 Å². The normalized spacial score (nSPS) is 12.4. The molecule has 100 valence electrons. The summed E-state index contributed by atoms with van der Waals surface area (Å²) in [6.45, 7) is 4.31. The maximum atomic E-state index is 3.48. The summed E-state index contributed by atoms with van der Waals surface area (Å²) < 4.78 is 1.13. The van der Waals surface area contributed by atoms with Crippen molar-refractivity contribution in [1.82, 2.24) is 5.32 Å². The summed E-state index contributed by atoms with van der Waals surface area (Å²) in [5.74, 6) is 0. The van der Waals surface area contributed by atoms with E-state index in [1.54, 1.807) is 0 Å². The number of benzene rings is 2. The largest absolute Gasteiger partial charge is 0.313 e. The zero-order chi connectivity index (χ0) is 13.8. The van der Waals surface area contributed by atoms with Gasteiger partial charge in [0.2, 0.25) is 0 Å². The molecule has 0 spiro atoms. The van der Waals surface area contributed by atoms with Gasteiger partial charge < -0.3 is 5.32 Å². The highest BCUT2D eigenvalue weighted by atomic mass is 79.9. The van der Waals surface area contributed by atoms with E-state index in [-0.39, 0.29) is 0 Å². The van der Waals surface area contributed by atoms with Crippen molar-refractivity contribution in [3.05, 3.63) is 69.2 Å². The van der Waals surface area contributed by atoms with Crippen molar-refractivity contribution >= 4 is 15.9 Å². The number of hydrogen-bond acceptors (Lipinski definition) is 1. The molecule has 0 saturated heterocycles. The second-order valence-corrected chi connectivity index (χ2v) is 6.01. The molecule has 0 radical (unpaired) electrons. The molecule has 2 rings (SSSR count). The Labute approximate surface area is 124 Å². The number of halogens is 1. The lowest BCUT2D eigenvalue weighted by Crippen LogP contribution is -2.19. The summed E-state index contributed by atoms with van der Waals surface area (Å²) in [4.78, 5) is 0. The van der Waals surface area contributed by atoms with Gasteiger partial charge in [0.1, 0.15) is 0 Å². The van der Waals surface area contributed by atoms with Gasteiger partial charge in [-0.3, -0.25) is 0 Å². The molecule has 19 heavy (non-hydrogen) atoms. The molecule has 2 aromatic carbocycles. The maximum Gasteiger partial charge on any atom is 0.0358 e. The first-order valence-electron chi connectivity index (χ1n) is 6.58. The Balaban J connectivity index is 2.22. The molecule has 0 heterocycles. The molecule has 0 bridgehead atoms. The number of nitrogens with one attached hydrogen (secondary N) is 1. The van der Waals surface area contributed by atoms with Crippen LogP contribution in [0.15, 0.2) is 46.9 Å². The van der Waals surface area contributed by atoms with Gasteiger partial charge in [-0.05, 0) is 50.6 Å². The van der Waals surface area contributed by atoms with E-state index in [1.165, 1.54) is 22.3 Å². The summed E-state index contributed by atoms with van der Waals surface area (Å²) in [7, 11) is 2.03. The molecule has 0 amide bonds. The molecule has 1 N–H and O–H groups in total. The number of aryl methyl sites for hydroxylation is 2. The van der Waals surface area contributed by atoms with Crippen LogP contribution in [0.25, 0.3) is 0 Å². The Morgan fingerprint density at radius 3 is 2.11 bits per heavy atom. The lowest BCUT2D eigenvalue weighted by atomic mass is 9.96. The molecule has 1 unspecified atom stereocenters. The van der Waals surface area contributed by atoms with Crippen LogP contribution in [0.2, 0.25) is 0 Å². The first kappa shape index (κ1) is 14.3. The van der Waals surface area contributed by atoms with E-state index in [1.807, 2.05) is 7.05 Å². The summed E-state index contributed by atoms with van der Waals surface area (Å²) in [6, 6.07) is 15.7. The van der Waals surface area contributed by atoms with E-state index >= 15 is 0 Å². The second-order valence-electron chi connectivity index (χ2n) is 5.09. The first-order chi connectivity index (χ1) is 9.08. The van der Waals surface area contributed by atoms with Crippen molar-refractivity contribution in [2.75, 3.05) is 7.05 Å². The van der Waals surface area contributed by atoms with E-state index in [2.05, 4.69) is 77.6 Å². The van der Waals surface area contributed by atoms with E-state index in [9.17, 15) is 0 Å². The summed E-state index contributed by atoms with van der Waals surface area (Å²) in [6.07, 6.45) is 1.01. The van der Waals surface area contributed by atoms with E-state index in [0.29, 0.717) is 6.04 Å². The number of hydrogen-bond donors (Lipinski definition) is 1. The van der Waals surface area contributed by atoms with Crippen molar-refractivity contribution < 1.29 is 0 Å². The Morgan fingerprint density at radius 2 is 1.58 bits per heavy atom. The fourth-order valence-electron chi connectivity index (χ4n) is 2.45. The second kappa shape index (κ2) is 6.36. The summed E-state index contributed by atoms with van der Waals surface area (Å²) in [5.41, 5.74) is 5.36. The SMILES string of the molecule is CNC(Cc1ccc(Br)cc1)c1cc(C)cc(C)c1. The first-order valence-corrected chi connectivity index (χ1v) is 7.37. The quantitative estimate of drug-likeness (QED) is 0.871. The zero-order valence-corrected chi connectivity index (χ0v) is 13.3. The molecule has 1 atom stereocenters. The van der Waals surface area contributed by atoms with Crippen LogP contribution < -0.4 is 5.32 Å². The molecule has 0 aliphatic heterocycles. The van der Waals surface area contributed by atoms with Crippen LogP contribution in [0, 0.1) is 13.8 Å². The smallest absolute Gasteiger partial charge is 0.0358 e. The fourth-order valence-corrected chi connectivity index (χ4v) is 2.72. The van der Waals surface area contributed by atoms with Gasteiger partial charge in [-0.1, -0.05) is 57.4 Å². The van der Waals surface area contributed by atoms with Crippen LogP contribution >= 0.6 is 15.9 Å². The Hall–Kier alpha value is -1.12. The molecule has 2 aromatic rings. The average Bonchev–Trinajstić information content (AvgIpc) is 2.37. The van der Waals surface area contributed by atoms with Crippen LogP contribution in [0.5, 0.6) is 0 Å². The predicted molar refractivity (Wildman–Crippen MR) is 85.6 cm³/mol. The van der Waals surface area contributed by atoms with Crippen molar-refractivity contribution in [3.8, 4) is 0 Å². The van der Waals surface area contributed by atoms with Crippen LogP contribution in [-0.2, 0) is 6.42 Å². The minimum atomic E-state index is 0.361. The van der Waals surface area contributed by atoms with Gasteiger partial charge >= 0.3 is 0 Å². The summed E-state index contributed by atoms with van der Waals surface area (Å²) >= 11 is 3.48. The molecule has 0 aliphatic rings. The van der Waals surface area contributed by atoms with Crippen LogP contribution in [-0.4, -0.2) is 7.05 Å². The van der Waals surface area contributed by atoms with E-state index < -0.39 is 0 Å². The summed E-state index contributed by atoms with van der Waals surface area (Å²) in [5, 5.41) is 3.42. The molecule has 0 aromatic heterocycles. The van der Waals surface area contributed by atoms with Crippen LogP contribution in [0.3, 0.4) is 0 Å². The Bertz CT molecular complexity index is 525. The number of rotatable bonds is 4. The maximum absolute atomic E-state index is 3.48. The molecule has 0 fully saturated rings. The third-order valence-corrected chi connectivity index (χ3v) is 3.88. The van der Waals surface area contributed by atoms with Crippen molar-refractivity contribution in [3.63, 3.8) is 0 Å². The third-order valence-electron chi connectivity index (χ3n) is 3.35. The van der Waals surface area contributed by atoms with Crippen molar-refractivity contribution in [2.45, 2.75) is 26.3 Å². The van der Waals surface area contributed by atoms with Gasteiger partial charge in [-0.2, -0.15) is 0 Å². The molecular weight excluding hydrogens is 298 g/mol.